The second-order valence-electron chi connectivity index (χ2n) is 9.60. The Hall–Kier alpha value is -3.16. The van der Waals surface area contributed by atoms with E-state index in [1.165, 1.54) is 6.42 Å². The highest BCUT2D eigenvalue weighted by atomic mass is 16.2. The number of benzene rings is 1. The van der Waals surface area contributed by atoms with Crippen molar-refractivity contribution >= 4 is 29.2 Å². The number of amidine groups is 1. The predicted molar refractivity (Wildman–Crippen MR) is 134 cm³/mol. The maximum Gasteiger partial charge on any atom is 0.272 e. The van der Waals surface area contributed by atoms with Gasteiger partial charge in [-0.2, -0.15) is 0 Å². The summed E-state index contributed by atoms with van der Waals surface area (Å²) >= 11 is 0. The molecule has 0 radical (unpaired) electrons. The SMILES string of the molecule is C=CCC(C(N)=O)C(CC(C)C)C(=O)NC1N=C(N2CCCCC2)c2ccccc2N(C)C1=O. The van der Waals surface area contributed by atoms with Crippen molar-refractivity contribution in [1.82, 2.24) is 10.2 Å². The fourth-order valence-corrected chi connectivity index (χ4v) is 4.82. The van der Waals surface area contributed by atoms with Crippen LogP contribution in [-0.4, -0.2) is 54.8 Å². The van der Waals surface area contributed by atoms with Crippen LogP contribution in [0.1, 0.15) is 51.5 Å². The van der Waals surface area contributed by atoms with E-state index in [-0.39, 0.29) is 17.7 Å². The molecule has 1 saturated heterocycles. The fourth-order valence-electron chi connectivity index (χ4n) is 4.82. The number of hydrogen-bond acceptors (Lipinski definition) is 5. The average Bonchev–Trinajstić information content (AvgIpc) is 2.92. The van der Waals surface area contributed by atoms with E-state index >= 15 is 0 Å². The Bertz CT molecular complexity index is 952. The Kier molecular flexibility index (Phi) is 8.47. The summed E-state index contributed by atoms with van der Waals surface area (Å²) in [5, 5.41) is 2.86. The van der Waals surface area contributed by atoms with Gasteiger partial charge in [0.2, 0.25) is 18.0 Å². The summed E-state index contributed by atoms with van der Waals surface area (Å²) in [4.78, 5) is 47.6. The highest BCUT2D eigenvalue weighted by molar-refractivity contribution is 6.12. The normalized spacial score (nSPS) is 20.2. The van der Waals surface area contributed by atoms with Crippen LogP contribution in [0.4, 0.5) is 5.69 Å². The van der Waals surface area contributed by atoms with Gasteiger partial charge in [-0.15, -0.1) is 6.58 Å². The maximum absolute atomic E-state index is 13.5. The Labute approximate surface area is 202 Å². The third kappa shape index (κ3) is 5.66. The summed E-state index contributed by atoms with van der Waals surface area (Å²) in [5.41, 5.74) is 7.28. The number of aliphatic imine (C=N–C) groups is 1. The van der Waals surface area contributed by atoms with Crippen molar-refractivity contribution in [1.29, 1.82) is 0 Å². The van der Waals surface area contributed by atoms with Gasteiger partial charge >= 0.3 is 0 Å². The molecule has 8 nitrogen and oxygen atoms in total. The average molecular weight is 468 g/mol. The zero-order chi connectivity index (χ0) is 24.8. The molecule has 2 aliphatic heterocycles. The van der Waals surface area contributed by atoms with Gasteiger partial charge in [0.05, 0.1) is 17.5 Å². The number of likely N-dealkylation sites (tertiary alicyclic amines) is 1. The Morgan fingerprint density at radius 1 is 1.21 bits per heavy atom. The van der Waals surface area contributed by atoms with Crippen LogP contribution in [0.5, 0.6) is 0 Å². The largest absolute Gasteiger partial charge is 0.369 e. The van der Waals surface area contributed by atoms with E-state index in [0.29, 0.717) is 12.8 Å². The molecule has 3 unspecified atom stereocenters. The molecule has 3 rings (SSSR count). The van der Waals surface area contributed by atoms with E-state index < -0.39 is 23.9 Å². The fraction of sp³-hybridized carbons (Fsp3) is 0.538. The van der Waals surface area contributed by atoms with Crippen molar-refractivity contribution in [3.8, 4) is 0 Å². The van der Waals surface area contributed by atoms with Crippen LogP contribution in [0.3, 0.4) is 0 Å². The van der Waals surface area contributed by atoms with E-state index in [1.807, 2.05) is 38.1 Å². The van der Waals surface area contributed by atoms with Crippen LogP contribution in [0, 0.1) is 17.8 Å². The summed E-state index contributed by atoms with van der Waals surface area (Å²) in [5.74, 6) is -1.75. The molecule has 1 aromatic rings. The van der Waals surface area contributed by atoms with Gasteiger partial charge in [-0.25, -0.2) is 4.99 Å². The summed E-state index contributed by atoms with van der Waals surface area (Å²) < 4.78 is 0. The van der Waals surface area contributed by atoms with Gasteiger partial charge in [-0.1, -0.05) is 32.1 Å². The lowest BCUT2D eigenvalue weighted by molar-refractivity contribution is -0.135. The van der Waals surface area contributed by atoms with Gasteiger partial charge in [0.25, 0.3) is 5.91 Å². The molecule has 2 aliphatic rings. The number of anilines is 1. The van der Waals surface area contributed by atoms with Crippen LogP contribution in [0.2, 0.25) is 0 Å². The monoisotopic (exact) mass is 467 g/mol. The number of para-hydroxylation sites is 1. The molecule has 34 heavy (non-hydrogen) atoms. The van der Waals surface area contributed by atoms with E-state index in [9.17, 15) is 14.4 Å². The number of rotatable bonds is 8. The van der Waals surface area contributed by atoms with Gasteiger partial charge < -0.3 is 20.9 Å². The molecule has 0 bridgehead atoms. The third-order valence-electron chi connectivity index (χ3n) is 6.59. The zero-order valence-corrected chi connectivity index (χ0v) is 20.5. The van der Waals surface area contributed by atoms with Crippen molar-refractivity contribution in [2.24, 2.45) is 28.5 Å². The first-order chi connectivity index (χ1) is 16.2. The highest BCUT2D eigenvalue weighted by Gasteiger charge is 2.37. The number of piperidine rings is 1. The first-order valence-electron chi connectivity index (χ1n) is 12.1. The van der Waals surface area contributed by atoms with E-state index in [4.69, 9.17) is 10.7 Å². The number of allylic oxidation sites excluding steroid dienone is 1. The molecular weight excluding hydrogens is 430 g/mol. The Morgan fingerprint density at radius 3 is 2.50 bits per heavy atom. The number of amides is 3. The molecule has 3 atom stereocenters. The van der Waals surface area contributed by atoms with E-state index in [2.05, 4.69) is 16.8 Å². The van der Waals surface area contributed by atoms with Crippen LogP contribution < -0.4 is 16.0 Å². The maximum atomic E-state index is 13.5. The molecular formula is C26H37N5O3. The van der Waals surface area contributed by atoms with Gasteiger partial charge in [-0.3, -0.25) is 14.4 Å². The van der Waals surface area contributed by atoms with E-state index in [1.54, 1.807) is 18.0 Å². The van der Waals surface area contributed by atoms with Crippen LogP contribution in [0.15, 0.2) is 41.9 Å². The minimum absolute atomic E-state index is 0.159. The predicted octanol–water partition coefficient (Wildman–Crippen LogP) is 2.68. The molecule has 0 aliphatic carbocycles. The molecule has 0 aromatic heterocycles. The number of primary amides is 1. The van der Waals surface area contributed by atoms with Gasteiger partial charge in [0.15, 0.2) is 0 Å². The second kappa shape index (κ2) is 11.3. The van der Waals surface area contributed by atoms with Crippen LogP contribution >= 0.6 is 0 Å². The van der Waals surface area contributed by atoms with Crippen molar-refractivity contribution in [2.75, 3.05) is 25.0 Å². The lowest BCUT2D eigenvalue weighted by atomic mass is 9.82. The lowest BCUT2D eigenvalue weighted by Gasteiger charge is -2.31. The highest BCUT2D eigenvalue weighted by Crippen LogP contribution is 2.28. The first-order valence-corrected chi connectivity index (χ1v) is 12.1. The Morgan fingerprint density at radius 2 is 1.88 bits per heavy atom. The summed E-state index contributed by atoms with van der Waals surface area (Å²) in [7, 11) is 1.70. The molecule has 0 saturated carbocycles. The molecule has 1 fully saturated rings. The molecule has 2 heterocycles. The van der Waals surface area contributed by atoms with Gasteiger partial charge in [0, 0.05) is 25.7 Å². The Balaban J connectivity index is 1.97. The number of nitrogens with one attached hydrogen (secondary N) is 1. The number of benzodiazepines with no additional fused rings is 1. The van der Waals surface area contributed by atoms with Crippen molar-refractivity contribution < 1.29 is 14.4 Å². The topological polar surface area (TPSA) is 108 Å². The standard InChI is InChI=1S/C26H37N5O3/c1-5-11-18(22(27)32)20(16-17(2)3)25(33)29-23-26(34)30(4)21-13-8-7-12-19(21)24(28-23)31-14-9-6-10-15-31/h5,7-8,12-13,17-18,20,23H,1,6,9-11,14-16H2,2-4H3,(H2,27,32)(H,29,33). The minimum atomic E-state index is -1.09. The quantitative estimate of drug-likeness (QED) is 0.573. The van der Waals surface area contributed by atoms with E-state index in [0.717, 1.165) is 43.0 Å². The molecule has 184 valence electrons. The molecule has 3 amide bonds. The van der Waals surface area contributed by atoms with Crippen molar-refractivity contribution in [2.45, 2.75) is 52.1 Å². The zero-order valence-electron chi connectivity index (χ0n) is 20.5. The van der Waals surface area contributed by atoms with Gasteiger partial charge in [-0.05, 0) is 50.2 Å². The third-order valence-corrected chi connectivity index (χ3v) is 6.59. The number of nitrogens with two attached hydrogens (primary N) is 1. The van der Waals surface area contributed by atoms with Crippen LogP contribution in [-0.2, 0) is 14.4 Å². The van der Waals surface area contributed by atoms with Crippen molar-refractivity contribution in [3.63, 3.8) is 0 Å². The van der Waals surface area contributed by atoms with Gasteiger partial charge in [0.1, 0.15) is 5.84 Å². The first kappa shape index (κ1) is 25.5. The molecule has 3 N–H and O–H groups in total. The number of nitrogens with zero attached hydrogens (tertiary/aromatic N) is 3. The summed E-state index contributed by atoms with van der Waals surface area (Å²) in [6.07, 6.45) is 4.55. The number of fused-ring (bicyclic) bond motifs is 1. The molecule has 0 spiro atoms. The van der Waals surface area contributed by atoms with Crippen molar-refractivity contribution in [3.05, 3.63) is 42.5 Å². The second-order valence-corrected chi connectivity index (χ2v) is 9.60. The summed E-state index contributed by atoms with van der Waals surface area (Å²) in [6.45, 7) is 9.39. The summed E-state index contributed by atoms with van der Waals surface area (Å²) in [6, 6.07) is 7.68. The number of hydrogen-bond donors (Lipinski definition) is 2. The number of likely N-dealkylation sites (N-methyl/N-ethyl adjacent to an activating group) is 1. The van der Waals surface area contributed by atoms with Crippen LogP contribution in [0.25, 0.3) is 0 Å². The smallest absolute Gasteiger partial charge is 0.272 e. The molecule has 1 aromatic carbocycles. The minimum Gasteiger partial charge on any atom is -0.369 e. The number of carbonyl (C=O) groups excluding carboxylic acids is 3. The number of carbonyl (C=O) groups is 3. The lowest BCUT2D eigenvalue weighted by Crippen LogP contribution is -2.50. The molecule has 8 heteroatoms.